The van der Waals surface area contributed by atoms with Crippen LogP contribution in [0.15, 0.2) is 18.6 Å². The van der Waals surface area contributed by atoms with Crippen molar-refractivity contribution >= 4 is 5.91 Å². The smallest absolute Gasteiger partial charge is 0.274 e. The largest absolute Gasteiger partial charge is 0.330 e. The molecule has 7 heteroatoms. The Kier molecular flexibility index (Phi) is 5.66. The maximum absolute atomic E-state index is 13.3. The second kappa shape index (κ2) is 8.10. The fraction of sp³-hybridized carbons (Fsp3) is 0.652. The highest BCUT2D eigenvalue weighted by Crippen LogP contribution is 2.42. The van der Waals surface area contributed by atoms with Gasteiger partial charge in [-0.05, 0) is 52.6 Å². The molecule has 1 saturated heterocycles. The second-order valence-electron chi connectivity index (χ2n) is 9.64. The first-order valence-electron chi connectivity index (χ1n) is 11.2. The Balaban J connectivity index is 1.70. The van der Waals surface area contributed by atoms with Crippen LogP contribution < -0.4 is 0 Å². The van der Waals surface area contributed by atoms with E-state index < -0.39 is 0 Å². The van der Waals surface area contributed by atoms with Gasteiger partial charge in [0.1, 0.15) is 11.5 Å². The number of carbonyl (C=O) groups excluding carboxylic acids is 1. The van der Waals surface area contributed by atoms with E-state index in [1.54, 1.807) is 18.6 Å². The van der Waals surface area contributed by atoms with Gasteiger partial charge in [0.15, 0.2) is 0 Å². The lowest BCUT2D eigenvalue weighted by Gasteiger charge is -2.47. The molecule has 7 nitrogen and oxygen atoms in total. The van der Waals surface area contributed by atoms with Crippen LogP contribution >= 0.6 is 0 Å². The molecule has 1 amide bonds. The quantitative estimate of drug-likeness (QED) is 0.774. The van der Waals surface area contributed by atoms with Gasteiger partial charge in [0, 0.05) is 36.9 Å². The highest BCUT2D eigenvalue weighted by Gasteiger charge is 2.46. The summed E-state index contributed by atoms with van der Waals surface area (Å²) in [7, 11) is 0. The maximum Gasteiger partial charge on any atom is 0.274 e. The van der Waals surface area contributed by atoms with Crippen molar-refractivity contribution in [2.24, 2.45) is 5.92 Å². The number of aryl methyl sites for hydroxylation is 1. The van der Waals surface area contributed by atoms with E-state index in [1.807, 2.05) is 4.90 Å². The third-order valence-electron chi connectivity index (χ3n) is 6.55. The average Bonchev–Trinajstić information content (AvgIpc) is 3.06. The lowest BCUT2D eigenvalue weighted by molar-refractivity contribution is 0.0546. The molecule has 0 radical (unpaired) electrons. The number of carbonyl (C=O) groups is 1. The molecule has 0 aromatic carbocycles. The van der Waals surface area contributed by atoms with Crippen LogP contribution in [0.3, 0.4) is 0 Å². The zero-order chi connectivity index (χ0) is 21.5. The fourth-order valence-electron chi connectivity index (χ4n) is 5.32. The van der Waals surface area contributed by atoms with Crippen LogP contribution in [-0.4, -0.2) is 61.4 Å². The lowest BCUT2D eigenvalue weighted by atomic mass is 9.72. The Morgan fingerprint density at radius 1 is 1.17 bits per heavy atom. The Bertz CT molecular complexity index is 896. The summed E-state index contributed by atoms with van der Waals surface area (Å²) in [6, 6.07) is 0.311. The van der Waals surface area contributed by atoms with Gasteiger partial charge >= 0.3 is 0 Å². The number of fused-ring (bicyclic) bond motifs is 2. The minimum absolute atomic E-state index is 0.0353. The molecule has 162 valence electrons. The molecule has 0 N–H and O–H groups in total. The first kappa shape index (κ1) is 21.0. The van der Waals surface area contributed by atoms with Gasteiger partial charge in [-0.2, -0.15) is 0 Å². The summed E-state index contributed by atoms with van der Waals surface area (Å²) >= 11 is 0. The van der Waals surface area contributed by atoms with Crippen molar-refractivity contribution in [3.8, 4) is 0 Å². The van der Waals surface area contributed by atoms with Gasteiger partial charge in [-0.15, -0.1) is 0 Å². The fourth-order valence-corrected chi connectivity index (χ4v) is 5.32. The van der Waals surface area contributed by atoms with Crippen molar-refractivity contribution in [3.05, 3.63) is 41.5 Å². The van der Waals surface area contributed by atoms with E-state index in [-0.39, 0.29) is 11.3 Å². The van der Waals surface area contributed by atoms with Crippen molar-refractivity contribution < 1.29 is 4.79 Å². The minimum Gasteiger partial charge on any atom is -0.330 e. The van der Waals surface area contributed by atoms with E-state index in [4.69, 9.17) is 4.98 Å². The van der Waals surface area contributed by atoms with Gasteiger partial charge in [0.25, 0.3) is 5.91 Å². The van der Waals surface area contributed by atoms with Gasteiger partial charge in [0.05, 0.1) is 24.1 Å². The van der Waals surface area contributed by atoms with Crippen LogP contribution in [0.25, 0.3) is 0 Å². The van der Waals surface area contributed by atoms with E-state index in [9.17, 15) is 4.79 Å². The maximum atomic E-state index is 13.3. The molecule has 2 aliphatic rings. The third-order valence-corrected chi connectivity index (χ3v) is 6.55. The summed E-state index contributed by atoms with van der Waals surface area (Å²) < 4.78 is 2.31. The van der Waals surface area contributed by atoms with Gasteiger partial charge < -0.3 is 14.4 Å². The number of amides is 1. The summed E-state index contributed by atoms with van der Waals surface area (Å²) in [5, 5.41) is 0. The number of imidazole rings is 1. The summed E-state index contributed by atoms with van der Waals surface area (Å²) in [6.45, 7) is 15.6. The van der Waals surface area contributed by atoms with Crippen molar-refractivity contribution in [2.45, 2.75) is 65.5 Å². The van der Waals surface area contributed by atoms with E-state index in [0.29, 0.717) is 30.7 Å². The Labute approximate surface area is 179 Å². The molecule has 2 aliphatic heterocycles. The first-order valence-corrected chi connectivity index (χ1v) is 11.2. The number of hydrogen-bond donors (Lipinski definition) is 0. The van der Waals surface area contributed by atoms with Crippen molar-refractivity contribution in [1.29, 1.82) is 0 Å². The van der Waals surface area contributed by atoms with Crippen molar-refractivity contribution in [2.75, 3.05) is 26.2 Å². The van der Waals surface area contributed by atoms with Gasteiger partial charge in [-0.25, -0.2) is 9.97 Å². The molecule has 0 aliphatic carbocycles. The molecule has 2 aromatic heterocycles. The molecular weight excluding hydrogens is 376 g/mol. The molecule has 0 atom stereocenters. The number of piperidine rings is 1. The molecule has 2 aromatic rings. The summed E-state index contributed by atoms with van der Waals surface area (Å²) in [5.74, 6) is 1.68. The predicted molar refractivity (Wildman–Crippen MR) is 116 cm³/mol. The zero-order valence-electron chi connectivity index (χ0n) is 18.9. The lowest BCUT2D eigenvalue weighted by Crippen LogP contribution is -2.54. The zero-order valence-corrected chi connectivity index (χ0v) is 18.9. The third kappa shape index (κ3) is 3.75. The number of nitrogens with zero attached hydrogens (tertiary/aromatic N) is 6. The number of likely N-dealkylation sites (tertiary alicyclic amines) is 1. The molecule has 1 fully saturated rings. The summed E-state index contributed by atoms with van der Waals surface area (Å²) in [4.78, 5) is 31.3. The van der Waals surface area contributed by atoms with Crippen LogP contribution in [0, 0.1) is 12.8 Å². The molecule has 30 heavy (non-hydrogen) atoms. The van der Waals surface area contributed by atoms with E-state index in [2.05, 4.69) is 54.1 Å². The summed E-state index contributed by atoms with van der Waals surface area (Å²) in [6.07, 6.45) is 6.83. The first-order chi connectivity index (χ1) is 14.3. The van der Waals surface area contributed by atoms with Gasteiger partial charge in [-0.1, -0.05) is 13.8 Å². The van der Waals surface area contributed by atoms with E-state index in [0.717, 1.165) is 38.3 Å². The minimum atomic E-state index is -0.0795. The second-order valence-corrected chi connectivity index (χ2v) is 9.64. The van der Waals surface area contributed by atoms with Crippen LogP contribution in [-0.2, 0) is 12.0 Å². The molecular formula is C23H34N6O. The molecule has 4 heterocycles. The molecule has 0 bridgehead atoms. The summed E-state index contributed by atoms with van der Waals surface area (Å²) in [5.41, 5.74) is 2.76. The molecule has 1 spiro atoms. The number of hydrogen-bond acceptors (Lipinski definition) is 5. The predicted octanol–water partition coefficient (Wildman–Crippen LogP) is 3.21. The highest BCUT2D eigenvalue weighted by atomic mass is 16.2. The Morgan fingerprint density at radius 2 is 1.90 bits per heavy atom. The SMILES string of the molecule is Cc1nc2c(n1C(C)C)CN(C(=O)c1cnccn1)CC21CCN(CC(C)C)CC1. The van der Waals surface area contributed by atoms with E-state index in [1.165, 1.54) is 11.4 Å². The number of aromatic nitrogens is 4. The monoisotopic (exact) mass is 410 g/mol. The Hall–Kier alpha value is -2.28. The topological polar surface area (TPSA) is 67.2 Å². The van der Waals surface area contributed by atoms with Crippen molar-refractivity contribution in [1.82, 2.24) is 29.3 Å². The van der Waals surface area contributed by atoms with Gasteiger partial charge in [0.2, 0.25) is 0 Å². The number of rotatable bonds is 4. The van der Waals surface area contributed by atoms with Gasteiger partial charge in [-0.3, -0.25) is 9.78 Å². The molecule has 0 unspecified atom stereocenters. The molecule has 4 rings (SSSR count). The van der Waals surface area contributed by atoms with Crippen molar-refractivity contribution in [3.63, 3.8) is 0 Å². The molecule has 0 saturated carbocycles. The standard InChI is InChI=1S/C23H34N6O/c1-16(2)13-27-10-6-23(7-11-27)15-28(22(30)19-12-24-8-9-25-19)14-20-21(23)26-18(5)29(20)17(3)4/h8-9,12,16-17H,6-7,10-11,13-15H2,1-5H3. The van der Waals surface area contributed by atoms with Crippen LogP contribution in [0.5, 0.6) is 0 Å². The average molecular weight is 411 g/mol. The van der Waals surface area contributed by atoms with Crippen LogP contribution in [0.2, 0.25) is 0 Å². The van der Waals surface area contributed by atoms with E-state index >= 15 is 0 Å². The normalized spacial score (nSPS) is 19.0. The highest BCUT2D eigenvalue weighted by molar-refractivity contribution is 5.92. The van der Waals surface area contributed by atoms with Crippen LogP contribution in [0.1, 0.15) is 74.3 Å². The Morgan fingerprint density at radius 3 is 2.50 bits per heavy atom. The van der Waals surface area contributed by atoms with Crippen LogP contribution in [0.4, 0.5) is 0 Å².